The maximum Gasteiger partial charge on any atom is 0.291 e. The summed E-state index contributed by atoms with van der Waals surface area (Å²) in [4.78, 5) is 20.0. The van der Waals surface area contributed by atoms with Crippen LogP contribution < -0.4 is 5.32 Å². The van der Waals surface area contributed by atoms with E-state index in [9.17, 15) is 4.79 Å². The molecule has 0 aromatic carbocycles. The van der Waals surface area contributed by atoms with Crippen molar-refractivity contribution in [3.8, 4) is 0 Å². The zero-order valence-electron chi connectivity index (χ0n) is 10.4. The van der Waals surface area contributed by atoms with E-state index in [1.54, 1.807) is 6.20 Å². The Kier molecular flexibility index (Phi) is 3.66. The normalized spacial score (nSPS) is 10.3. The van der Waals surface area contributed by atoms with E-state index in [1.807, 2.05) is 26.0 Å². The molecule has 0 unspecified atom stereocenters. The van der Waals surface area contributed by atoms with Gasteiger partial charge in [-0.15, -0.1) is 5.10 Å². The third kappa shape index (κ3) is 2.71. The van der Waals surface area contributed by atoms with Crippen LogP contribution in [0.4, 0.5) is 0 Å². The summed E-state index contributed by atoms with van der Waals surface area (Å²) < 4.78 is 0. The number of nitrogens with one attached hydrogen (secondary N) is 2. The number of aromatic nitrogens is 4. The second kappa shape index (κ2) is 5.39. The lowest BCUT2D eigenvalue weighted by atomic mass is 10.2. The van der Waals surface area contributed by atoms with E-state index >= 15 is 0 Å². The quantitative estimate of drug-likeness (QED) is 0.841. The summed E-state index contributed by atoms with van der Waals surface area (Å²) in [5.41, 5.74) is 1.89. The summed E-state index contributed by atoms with van der Waals surface area (Å²) in [5.74, 6) is 0.575. The molecule has 0 atom stereocenters. The Morgan fingerprint density at radius 1 is 1.50 bits per heavy atom. The molecule has 6 heteroatoms. The molecule has 0 spiro atoms. The first kappa shape index (κ1) is 12.2. The van der Waals surface area contributed by atoms with Crippen LogP contribution in [0.2, 0.25) is 0 Å². The fourth-order valence-corrected chi connectivity index (χ4v) is 1.50. The molecule has 94 valence electrons. The van der Waals surface area contributed by atoms with Crippen molar-refractivity contribution in [2.75, 3.05) is 0 Å². The first-order chi connectivity index (χ1) is 8.70. The zero-order valence-corrected chi connectivity index (χ0v) is 10.4. The van der Waals surface area contributed by atoms with Gasteiger partial charge in [-0.2, -0.15) is 0 Å². The van der Waals surface area contributed by atoms with Gasteiger partial charge in [-0.3, -0.25) is 14.9 Å². The predicted octanol–water partition coefficient (Wildman–Crippen LogP) is 1.00. The van der Waals surface area contributed by atoms with Crippen LogP contribution in [-0.4, -0.2) is 26.1 Å². The summed E-state index contributed by atoms with van der Waals surface area (Å²) in [6.45, 7) is 4.28. The molecule has 0 aliphatic heterocycles. The van der Waals surface area contributed by atoms with E-state index in [0.717, 1.165) is 17.7 Å². The summed E-state index contributed by atoms with van der Waals surface area (Å²) in [6, 6.07) is 3.82. The van der Waals surface area contributed by atoms with E-state index in [1.165, 1.54) is 0 Å². The number of aryl methyl sites for hydroxylation is 2. The van der Waals surface area contributed by atoms with Gasteiger partial charge in [-0.05, 0) is 18.6 Å². The lowest BCUT2D eigenvalue weighted by Crippen LogP contribution is -2.25. The SMILES string of the molecule is CCc1nc(C(=O)NCc2ncccc2C)n[nH]1. The number of amides is 1. The maximum atomic E-state index is 11.8. The smallest absolute Gasteiger partial charge is 0.291 e. The van der Waals surface area contributed by atoms with Gasteiger partial charge in [-0.1, -0.05) is 13.0 Å². The average Bonchev–Trinajstić information content (AvgIpc) is 2.86. The minimum Gasteiger partial charge on any atom is -0.344 e. The molecule has 2 N–H and O–H groups in total. The Labute approximate surface area is 105 Å². The number of H-pyrrole nitrogens is 1. The highest BCUT2D eigenvalue weighted by atomic mass is 16.2. The summed E-state index contributed by atoms with van der Waals surface area (Å²) >= 11 is 0. The maximum absolute atomic E-state index is 11.8. The Morgan fingerprint density at radius 3 is 3.00 bits per heavy atom. The van der Waals surface area contributed by atoms with Crippen LogP contribution in [0.5, 0.6) is 0 Å². The molecule has 0 aliphatic rings. The van der Waals surface area contributed by atoms with E-state index in [2.05, 4.69) is 25.5 Å². The second-order valence-electron chi connectivity index (χ2n) is 3.91. The van der Waals surface area contributed by atoms with Gasteiger partial charge in [-0.25, -0.2) is 4.98 Å². The first-order valence-corrected chi connectivity index (χ1v) is 5.80. The molecule has 2 aromatic rings. The van der Waals surface area contributed by atoms with Crippen molar-refractivity contribution in [1.29, 1.82) is 0 Å². The average molecular weight is 245 g/mol. The van der Waals surface area contributed by atoms with Crippen LogP contribution >= 0.6 is 0 Å². The van der Waals surface area contributed by atoms with Crippen LogP contribution in [0.25, 0.3) is 0 Å². The van der Waals surface area contributed by atoms with E-state index in [0.29, 0.717) is 12.4 Å². The molecule has 0 fully saturated rings. The molecule has 0 radical (unpaired) electrons. The van der Waals surface area contributed by atoms with Crippen molar-refractivity contribution in [1.82, 2.24) is 25.5 Å². The van der Waals surface area contributed by atoms with Gasteiger partial charge in [0, 0.05) is 12.6 Å². The van der Waals surface area contributed by atoms with Gasteiger partial charge in [0.1, 0.15) is 5.82 Å². The monoisotopic (exact) mass is 245 g/mol. The summed E-state index contributed by atoms with van der Waals surface area (Å²) in [5, 5.41) is 9.31. The Morgan fingerprint density at radius 2 is 2.33 bits per heavy atom. The molecule has 6 nitrogen and oxygen atoms in total. The Bertz CT molecular complexity index is 549. The fraction of sp³-hybridized carbons (Fsp3) is 0.333. The van der Waals surface area contributed by atoms with E-state index in [-0.39, 0.29) is 11.7 Å². The molecule has 0 saturated heterocycles. The van der Waals surface area contributed by atoms with Gasteiger partial charge < -0.3 is 5.32 Å². The highest BCUT2D eigenvalue weighted by Gasteiger charge is 2.11. The molecule has 2 aromatic heterocycles. The van der Waals surface area contributed by atoms with Crippen molar-refractivity contribution >= 4 is 5.91 Å². The second-order valence-corrected chi connectivity index (χ2v) is 3.91. The van der Waals surface area contributed by atoms with Crippen LogP contribution in [0.1, 0.15) is 34.6 Å². The molecule has 0 saturated carbocycles. The van der Waals surface area contributed by atoms with Crippen molar-refractivity contribution in [3.05, 3.63) is 41.2 Å². The van der Waals surface area contributed by atoms with Crippen molar-refractivity contribution in [3.63, 3.8) is 0 Å². The minimum atomic E-state index is -0.295. The third-order valence-corrected chi connectivity index (χ3v) is 2.60. The first-order valence-electron chi connectivity index (χ1n) is 5.80. The van der Waals surface area contributed by atoms with Gasteiger partial charge in [0.2, 0.25) is 5.82 Å². The number of carbonyl (C=O) groups excluding carboxylic acids is 1. The minimum absolute atomic E-state index is 0.167. The third-order valence-electron chi connectivity index (χ3n) is 2.60. The lowest BCUT2D eigenvalue weighted by Gasteiger charge is -2.04. The molecule has 0 aliphatic carbocycles. The van der Waals surface area contributed by atoms with E-state index < -0.39 is 0 Å². The predicted molar refractivity (Wildman–Crippen MR) is 65.9 cm³/mol. The Hall–Kier alpha value is -2.24. The molecule has 2 heterocycles. The summed E-state index contributed by atoms with van der Waals surface area (Å²) in [6.07, 6.45) is 2.43. The molecule has 2 rings (SSSR count). The van der Waals surface area contributed by atoms with Crippen LogP contribution in [0.3, 0.4) is 0 Å². The van der Waals surface area contributed by atoms with Crippen molar-refractivity contribution in [2.24, 2.45) is 0 Å². The Balaban J connectivity index is 1.98. The van der Waals surface area contributed by atoms with E-state index in [4.69, 9.17) is 0 Å². The van der Waals surface area contributed by atoms with Crippen LogP contribution in [0, 0.1) is 6.92 Å². The number of aromatic amines is 1. The molecular weight excluding hydrogens is 230 g/mol. The summed E-state index contributed by atoms with van der Waals surface area (Å²) in [7, 11) is 0. The number of pyridine rings is 1. The van der Waals surface area contributed by atoms with Gasteiger partial charge in [0.15, 0.2) is 0 Å². The molecule has 1 amide bonds. The number of rotatable bonds is 4. The molecular formula is C12H15N5O. The van der Waals surface area contributed by atoms with Gasteiger partial charge in [0.25, 0.3) is 5.91 Å². The van der Waals surface area contributed by atoms with Gasteiger partial charge >= 0.3 is 0 Å². The largest absolute Gasteiger partial charge is 0.344 e. The highest BCUT2D eigenvalue weighted by molar-refractivity contribution is 5.90. The number of carbonyl (C=O) groups is 1. The van der Waals surface area contributed by atoms with Crippen LogP contribution in [0.15, 0.2) is 18.3 Å². The fourth-order valence-electron chi connectivity index (χ4n) is 1.50. The standard InChI is InChI=1S/C12H15N5O/c1-3-10-15-11(17-16-10)12(18)14-7-9-8(2)5-4-6-13-9/h4-6H,3,7H2,1-2H3,(H,14,18)(H,15,16,17). The highest BCUT2D eigenvalue weighted by Crippen LogP contribution is 2.02. The van der Waals surface area contributed by atoms with Crippen molar-refractivity contribution in [2.45, 2.75) is 26.8 Å². The topological polar surface area (TPSA) is 83.6 Å². The number of nitrogens with zero attached hydrogens (tertiary/aromatic N) is 3. The van der Waals surface area contributed by atoms with Crippen LogP contribution in [-0.2, 0) is 13.0 Å². The molecule has 0 bridgehead atoms. The zero-order chi connectivity index (χ0) is 13.0. The molecule has 18 heavy (non-hydrogen) atoms. The number of hydrogen-bond acceptors (Lipinski definition) is 4. The number of hydrogen-bond donors (Lipinski definition) is 2. The van der Waals surface area contributed by atoms with Gasteiger partial charge in [0.05, 0.1) is 12.2 Å². The van der Waals surface area contributed by atoms with Crippen molar-refractivity contribution < 1.29 is 4.79 Å². The lowest BCUT2D eigenvalue weighted by molar-refractivity contribution is 0.0940.